The zero-order chi connectivity index (χ0) is 20.5. The molecule has 0 amide bonds. The second kappa shape index (κ2) is 7.67. The number of rotatable bonds is 6. The molecule has 5 rings (SSSR count). The highest BCUT2D eigenvalue weighted by Gasteiger charge is 2.28. The molecule has 3 heterocycles. The van der Waals surface area contributed by atoms with Crippen molar-refractivity contribution in [1.82, 2.24) is 19.6 Å². The molecule has 4 aromatic rings. The number of carboxylic acid groups (broad SMARTS) is 1. The average Bonchev–Trinajstić information content (AvgIpc) is 3.36. The van der Waals surface area contributed by atoms with Crippen LogP contribution in [0.25, 0.3) is 10.9 Å². The van der Waals surface area contributed by atoms with Gasteiger partial charge in [-0.1, -0.05) is 41.6 Å². The Morgan fingerprint density at radius 1 is 1.13 bits per heavy atom. The minimum atomic E-state index is -0.798. The van der Waals surface area contributed by atoms with Gasteiger partial charge < -0.3 is 14.4 Å². The number of para-hydroxylation sites is 2. The Bertz CT molecular complexity index is 1200. The number of aromatic nitrogens is 4. The maximum atomic E-state index is 11.4. The Morgan fingerprint density at radius 2 is 1.93 bits per heavy atom. The number of fused-ring (bicyclic) bond motifs is 3. The second-order valence-corrected chi connectivity index (χ2v) is 7.59. The van der Waals surface area contributed by atoms with Crippen molar-refractivity contribution in [2.45, 2.75) is 38.5 Å². The summed E-state index contributed by atoms with van der Waals surface area (Å²) >= 11 is 0. The van der Waals surface area contributed by atoms with Crippen LogP contribution in [0.2, 0.25) is 0 Å². The molecule has 0 aliphatic carbocycles. The fourth-order valence-corrected chi connectivity index (χ4v) is 4.43. The standard InChI is InChI=1S/C23H22N4O3/c28-23(29)12-20-19-8-4-5-9-21(19)26-14-16(10-11-22(20)26)27-17(13-24-25-27)15-30-18-6-2-1-3-7-18/h1-9,13,16H,10-12,14-15H2,(H,28,29). The molecule has 1 atom stereocenters. The highest BCUT2D eigenvalue weighted by Crippen LogP contribution is 2.34. The lowest BCUT2D eigenvalue weighted by Crippen LogP contribution is -2.26. The van der Waals surface area contributed by atoms with Crippen molar-refractivity contribution in [3.05, 3.63) is 77.7 Å². The first-order chi connectivity index (χ1) is 14.7. The molecule has 2 aromatic heterocycles. The highest BCUT2D eigenvalue weighted by atomic mass is 16.5. The van der Waals surface area contributed by atoms with E-state index in [0.717, 1.165) is 53.0 Å². The lowest BCUT2D eigenvalue weighted by Gasteiger charge is -2.27. The van der Waals surface area contributed by atoms with E-state index in [1.54, 1.807) is 6.20 Å². The summed E-state index contributed by atoms with van der Waals surface area (Å²) in [5.74, 6) is 0.0128. The second-order valence-electron chi connectivity index (χ2n) is 7.59. The molecule has 1 aliphatic rings. The molecule has 1 N–H and O–H groups in total. The number of ether oxygens (including phenoxy) is 1. The van der Waals surface area contributed by atoms with Gasteiger partial charge in [0.05, 0.1) is 24.4 Å². The lowest BCUT2D eigenvalue weighted by molar-refractivity contribution is -0.136. The normalized spacial score (nSPS) is 15.8. The fraction of sp³-hybridized carbons (Fsp3) is 0.261. The number of hydrogen-bond donors (Lipinski definition) is 1. The largest absolute Gasteiger partial charge is 0.487 e. The van der Waals surface area contributed by atoms with Crippen molar-refractivity contribution in [3.63, 3.8) is 0 Å². The van der Waals surface area contributed by atoms with E-state index in [2.05, 4.69) is 20.9 Å². The first kappa shape index (κ1) is 18.4. The van der Waals surface area contributed by atoms with Crippen LogP contribution in [0.1, 0.15) is 29.4 Å². The van der Waals surface area contributed by atoms with Crippen molar-refractivity contribution >= 4 is 16.9 Å². The Kier molecular flexibility index (Phi) is 4.71. The first-order valence-electron chi connectivity index (χ1n) is 10.1. The average molecular weight is 402 g/mol. The van der Waals surface area contributed by atoms with Crippen molar-refractivity contribution in [2.24, 2.45) is 0 Å². The predicted octanol–water partition coefficient (Wildman–Crippen LogP) is 3.63. The van der Waals surface area contributed by atoms with E-state index in [-0.39, 0.29) is 12.5 Å². The fourth-order valence-electron chi connectivity index (χ4n) is 4.43. The number of hydrogen-bond acceptors (Lipinski definition) is 4. The topological polar surface area (TPSA) is 82.2 Å². The SMILES string of the molecule is O=C(O)Cc1c2n(c3ccccc13)CC(n1nncc1COc1ccccc1)CC2. The van der Waals surface area contributed by atoms with Crippen LogP contribution in [-0.2, 0) is 30.8 Å². The predicted molar refractivity (Wildman–Crippen MR) is 111 cm³/mol. The van der Waals surface area contributed by atoms with Crippen LogP contribution in [0.4, 0.5) is 0 Å². The molecule has 7 nitrogen and oxygen atoms in total. The van der Waals surface area contributed by atoms with E-state index in [4.69, 9.17) is 4.74 Å². The van der Waals surface area contributed by atoms with Gasteiger partial charge in [-0.3, -0.25) is 4.79 Å². The first-order valence-corrected chi connectivity index (χ1v) is 10.1. The van der Waals surface area contributed by atoms with Crippen LogP contribution in [0.5, 0.6) is 5.75 Å². The quantitative estimate of drug-likeness (QED) is 0.533. The minimum Gasteiger partial charge on any atom is -0.487 e. The van der Waals surface area contributed by atoms with E-state index in [0.29, 0.717) is 6.61 Å². The van der Waals surface area contributed by atoms with Gasteiger partial charge in [0.25, 0.3) is 0 Å². The van der Waals surface area contributed by atoms with Gasteiger partial charge in [-0.2, -0.15) is 0 Å². The molecule has 1 unspecified atom stereocenters. The van der Waals surface area contributed by atoms with Crippen molar-refractivity contribution in [1.29, 1.82) is 0 Å². The van der Waals surface area contributed by atoms with Gasteiger partial charge in [0.2, 0.25) is 0 Å². The van der Waals surface area contributed by atoms with E-state index in [9.17, 15) is 9.90 Å². The number of benzene rings is 2. The number of carbonyl (C=O) groups is 1. The maximum Gasteiger partial charge on any atom is 0.307 e. The third-order valence-corrected chi connectivity index (χ3v) is 5.75. The molecular formula is C23H22N4O3. The molecular weight excluding hydrogens is 380 g/mol. The van der Waals surface area contributed by atoms with E-state index in [1.807, 2.05) is 53.2 Å². The van der Waals surface area contributed by atoms with Crippen LogP contribution in [0.15, 0.2) is 60.8 Å². The zero-order valence-electron chi connectivity index (χ0n) is 16.4. The number of carboxylic acids is 1. The van der Waals surface area contributed by atoms with E-state index >= 15 is 0 Å². The van der Waals surface area contributed by atoms with E-state index in [1.165, 1.54) is 0 Å². The number of aliphatic carboxylic acids is 1. The molecule has 152 valence electrons. The molecule has 0 radical (unpaired) electrons. The molecule has 7 heteroatoms. The Labute approximate surface area is 173 Å². The lowest BCUT2D eigenvalue weighted by atomic mass is 10.00. The third-order valence-electron chi connectivity index (χ3n) is 5.75. The molecule has 0 saturated heterocycles. The molecule has 0 saturated carbocycles. The summed E-state index contributed by atoms with van der Waals surface area (Å²) < 4.78 is 10.1. The van der Waals surface area contributed by atoms with Gasteiger partial charge in [0.15, 0.2) is 0 Å². The third kappa shape index (κ3) is 3.32. The Morgan fingerprint density at radius 3 is 2.77 bits per heavy atom. The molecule has 0 spiro atoms. The van der Waals surface area contributed by atoms with Crippen LogP contribution in [0, 0.1) is 0 Å². The Balaban J connectivity index is 1.43. The van der Waals surface area contributed by atoms with Gasteiger partial charge in [-0.05, 0) is 36.6 Å². The minimum absolute atomic E-state index is 0.0486. The summed E-state index contributed by atoms with van der Waals surface area (Å²) in [4.78, 5) is 11.4. The molecule has 0 bridgehead atoms. The van der Waals surface area contributed by atoms with Crippen LogP contribution < -0.4 is 4.74 Å². The summed E-state index contributed by atoms with van der Waals surface area (Å²) in [6.07, 6.45) is 3.49. The van der Waals surface area contributed by atoms with Crippen molar-refractivity contribution < 1.29 is 14.6 Å². The molecule has 2 aromatic carbocycles. The van der Waals surface area contributed by atoms with E-state index < -0.39 is 5.97 Å². The van der Waals surface area contributed by atoms with Gasteiger partial charge in [-0.15, -0.1) is 5.10 Å². The smallest absolute Gasteiger partial charge is 0.307 e. The van der Waals surface area contributed by atoms with Crippen molar-refractivity contribution in [2.75, 3.05) is 0 Å². The number of nitrogens with zero attached hydrogens (tertiary/aromatic N) is 4. The summed E-state index contributed by atoms with van der Waals surface area (Å²) in [5.41, 5.74) is 4.06. The summed E-state index contributed by atoms with van der Waals surface area (Å²) in [6.45, 7) is 1.13. The van der Waals surface area contributed by atoms with Crippen molar-refractivity contribution in [3.8, 4) is 5.75 Å². The van der Waals surface area contributed by atoms with Crippen LogP contribution in [0.3, 0.4) is 0 Å². The molecule has 30 heavy (non-hydrogen) atoms. The highest BCUT2D eigenvalue weighted by molar-refractivity contribution is 5.89. The monoisotopic (exact) mass is 402 g/mol. The van der Waals surface area contributed by atoms with Gasteiger partial charge in [0.1, 0.15) is 12.4 Å². The van der Waals surface area contributed by atoms with Crippen LogP contribution in [-0.4, -0.2) is 30.6 Å². The molecule has 1 aliphatic heterocycles. The van der Waals surface area contributed by atoms with Gasteiger partial charge in [0, 0.05) is 23.1 Å². The van der Waals surface area contributed by atoms with Gasteiger partial charge >= 0.3 is 5.97 Å². The maximum absolute atomic E-state index is 11.4. The Hall–Kier alpha value is -3.61. The van der Waals surface area contributed by atoms with Crippen LogP contribution >= 0.6 is 0 Å². The summed E-state index contributed by atoms with van der Waals surface area (Å²) in [5, 5.41) is 18.9. The van der Waals surface area contributed by atoms with Gasteiger partial charge in [-0.25, -0.2) is 4.68 Å². The summed E-state index contributed by atoms with van der Waals surface area (Å²) in [6, 6.07) is 17.9. The summed E-state index contributed by atoms with van der Waals surface area (Å²) in [7, 11) is 0. The molecule has 0 fully saturated rings. The zero-order valence-corrected chi connectivity index (χ0v) is 16.4.